The summed E-state index contributed by atoms with van der Waals surface area (Å²) in [6, 6.07) is 0. The Morgan fingerprint density at radius 2 is 0.818 bits per heavy atom. The van der Waals surface area contributed by atoms with Crippen molar-refractivity contribution in [3.63, 3.8) is 0 Å². The van der Waals surface area contributed by atoms with Gasteiger partial charge in [-0.25, -0.2) is 0 Å². The van der Waals surface area contributed by atoms with Crippen LogP contribution in [0.5, 0.6) is 0 Å². The van der Waals surface area contributed by atoms with Crippen molar-refractivity contribution >= 4 is 0 Å². The molecule has 0 amide bonds. The summed E-state index contributed by atoms with van der Waals surface area (Å²) in [6.45, 7) is 10.2. The number of rotatable bonds is 0. The number of hydrogen-bond donors (Lipinski definition) is 0. The molecule has 0 aromatic rings. The minimum Gasteiger partial charge on any atom is -0.335 e. The molecule has 0 N–H and O–H groups in total. The van der Waals surface area contributed by atoms with Crippen LogP contribution in [0.3, 0.4) is 0 Å². The summed E-state index contributed by atoms with van der Waals surface area (Å²) in [4.78, 5) is 0. The summed E-state index contributed by atoms with van der Waals surface area (Å²) in [7, 11) is 0. The third-order valence-corrected chi connectivity index (χ3v) is 0. The van der Waals surface area contributed by atoms with Crippen molar-refractivity contribution in [2.24, 2.45) is 0 Å². The zero-order valence-corrected chi connectivity index (χ0v) is 12.9. The molecule has 0 saturated heterocycles. The van der Waals surface area contributed by atoms with Crippen molar-refractivity contribution in [2.45, 2.75) is 49.5 Å². The Balaban J connectivity index is -0.00000000848. The standard InChI is InChI=1S/C4H9.C3H7.2CH4.2Y/c1-4(2)3;1-3-2;;;;/h1-3H3;3H,1-2H3;2*1H4;;/q2*-1;;;;. The summed E-state index contributed by atoms with van der Waals surface area (Å²) in [5.41, 5.74) is 0. The third kappa shape index (κ3) is 261. The van der Waals surface area contributed by atoms with Crippen LogP contribution in [-0.4, -0.2) is 0 Å². The topological polar surface area (TPSA) is 0 Å². The fraction of sp³-hybridized carbons (Fsp3) is 0.778. The van der Waals surface area contributed by atoms with Gasteiger partial charge in [-0.2, -0.15) is 34.6 Å². The Bertz CT molecular complexity index is 18.8. The normalized spacial score (nSPS) is 4.91. The van der Waals surface area contributed by atoms with Gasteiger partial charge in [-0.05, 0) is 0 Å². The van der Waals surface area contributed by atoms with E-state index in [9.17, 15) is 0 Å². The first-order chi connectivity index (χ1) is 3.15. The summed E-state index contributed by atoms with van der Waals surface area (Å²) in [5.74, 6) is 1.42. The van der Waals surface area contributed by atoms with Crippen LogP contribution in [-0.2, 0) is 65.4 Å². The van der Waals surface area contributed by atoms with E-state index in [2.05, 4.69) is 20.8 Å². The molecule has 0 heterocycles. The van der Waals surface area contributed by atoms with Gasteiger partial charge in [0.1, 0.15) is 0 Å². The predicted molar refractivity (Wildman–Crippen MR) is 49.4 cm³/mol. The Labute approximate surface area is 125 Å². The Kier molecular flexibility index (Phi) is 137. The Morgan fingerprint density at radius 1 is 0.818 bits per heavy atom. The molecule has 0 bridgehead atoms. The van der Waals surface area contributed by atoms with Gasteiger partial charge >= 0.3 is 0 Å². The van der Waals surface area contributed by atoms with Crippen LogP contribution in [0.2, 0.25) is 0 Å². The van der Waals surface area contributed by atoms with Crippen LogP contribution >= 0.6 is 0 Å². The first-order valence-electron chi connectivity index (χ1n) is 2.65. The maximum atomic E-state index is 2.08. The van der Waals surface area contributed by atoms with Crippen molar-refractivity contribution in [1.29, 1.82) is 0 Å². The van der Waals surface area contributed by atoms with Crippen molar-refractivity contribution < 1.29 is 65.4 Å². The number of hydrogen-bond acceptors (Lipinski definition) is 0. The molecule has 0 aliphatic carbocycles. The fourth-order valence-electron chi connectivity index (χ4n) is 0. The fourth-order valence-corrected chi connectivity index (χ4v) is 0. The zero-order chi connectivity index (χ0) is 6.28. The van der Waals surface area contributed by atoms with Gasteiger partial charge < -0.3 is 12.3 Å². The maximum absolute atomic E-state index is 2.08. The predicted octanol–water partition coefficient (Wildman–Crippen LogP) is 4.12. The summed E-state index contributed by atoms with van der Waals surface area (Å²) in [6.07, 6.45) is 2.00. The zero-order valence-electron chi connectivity index (χ0n) is 7.23. The average Bonchev–Trinajstić information content (AvgIpc) is 1.33. The van der Waals surface area contributed by atoms with E-state index < -0.39 is 0 Å². The van der Waals surface area contributed by atoms with Crippen molar-refractivity contribution in [3.05, 3.63) is 12.3 Å². The summed E-state index contributed by atoms with van der Waals surface area (Å²) < 4.78 is 0. The molecule has 0 aliphatic heterocycles. The Morgan fingerprint density at radius 3 is 0.818 bits per heavy atom. The van der Waals surface area contributed by atoms with Gasteiger partial charge in [0.2, 0.25) is 0 Å². The van der Waals surface area contributed by atoms with Gasteiger partial charge in [0.25, 0.3) is 0 Å². The molecule has 0 fully saturated rings. The van der Waals surface area contributed by atoms with Gasteiger partial charge in [-0.15, -0.1) is 0 Å². The first-order valence-corrected chi connectivity index (χ1v) is 2.65. The first kappa shape index (κ1) is 37.9. The van der Waals surface area contributed by atoms with Crippen LogP contribution in [0.25, 0.3) is 0 Å². The van der Waals surface area contributed by atoms with Crippen molar-refractivity contribution in [1.82, 2.24) is 0 Å². The molecule has 2 heteroatoms. The van der Waals surface area contributed by atoms with Crippen LogP contribution in [0.15, 0.2) is 0 Å². The van der Waals surface area contributed by atoms with E-state index in [0.29, 0.717) is 0 Å². The minimum absolute atomic E-state index is 0. The molecule has 68 valence electrons. The van der Waals surface area contributed by atoms with E-state index in [1.807, 2.05) is 20.3 Å². The van der Waals surface area contributed by atoms with Gasteiger partial charge in [-0.3, -0.25) is 0 Å². The molecule has 0 unspecified atom stereocenters. The second-order valence-corrected chi connectivity index (χ2v) is 2.08. The molecule has 0 aromatic carbocycles. The molecule has 2 radical (unpaired) electrons. The molecule has 0 nitrogen and oxygen atoms in total. The summed E-state index contributed by atoms with van der Waals surface area (Å²) >= 11 is 0. The molecule has 0 atom stereocenters. The monoisotopic (exact) mass is 310 g/mol. The van der Waals surface area contributed by atoms with Crippen LogP contribution in [0, 0.1) is 12.3 Å². The SMILES string of the molecule is C.C.C[C-](C)C.C[CH-]C.[Y].[Y]. The molecular weight excluding hydrogens is 286 g/mol. The van der Waals surface area contributed by atoms with E-state index in [-0.39, 0.29) is 80.3 Å². The van der Waals surface area contributed by atoms with Crippen LogP contribution in [0.1, 0.15) is 49.5 Å². The van der Waals surface area contributed by atoms with E-state index in [1.54, 1.807) is 0 Å². The third-order valence-electron chi connectivity index (χ3n) is 0. The molecule has 0 aromatic heterocycles. The smallest absolute Gasteiger partial charge is 0 e. The van der Waals surface area contributed by atoms with Gasteiger partial charge in [-0.1, -0.05) is 14.9 Å². The van der Waals surface area contributed by atoms with E-state index in [0.717, 1.165) is 0 Å². The minimum atomic E-state index is 0. The molecule has 0 rings (SSSR count). The largest absolute Gasteiger partial charge is 0.335 e. The molecule has 11 heavy (non-hydrogen) atoms. The van der Waals surface area contributed by atoms with Crippen molar-refractivity contribution in [3.8, 4) is 0 Å². The van der Waals surface area contributed by atoms with E-state index >= 15 is 0 Å². The van der Waals surface area contributed by atoms with Crippen molar-refractivity contribution in [2.75, 3.05) is 0 Å². The van der Waals surface area contributed by atoms with E-state index in [1.165, 1.54) is 5.92 Å². The van der Waals surface area contributed by atoms with Crippen LogP contribution in [0.4, 0.5) is 0 Å². The average molecular weight is 310 g/mol. The molecular formula is C9H24Y2-2. The van der Waals surface area contributed by atoms with Gasteiger partial charge in [0.05, 0.1) is 0 Å². The van der Waals surface area contributed by atoms with Gasteiger partial charge in [0.15, 0.2) is 0 Å². The Hall–Kier alpha value is 2.21. The van der Waals surface area contributed by atoms with Crippen LogP contribution < -0.4 is 0 Å². The summed E-state index contributed by atoms with van der Waals surface area (Å²) in [5, 5.41) is 0. The maximum Gasteiger partial charge on any atom is 0 e. The molecule has 0 aliphatic rings. The second-order valence-electron chi connectivity index (χ2n) is 2.08. The quantitative estimate of drug-likeness (QED) is 0.591. The molecule has 0 saturated carbocycles. The molecule has 0 spiro atoms. The second kappa shape index (κ2) is 39.8. The van der Waals surface area contributed by atoms with Gasteiger partial charge in [0, 0.05) is 65.4 Å². The van der Waals surface area contributed by atoms with E-state index in [4.69, 9.17) is 0 Å².